The Morgan fingerprint density at radius 1 is 1.19 bits per heavy atom. The Morgan fingerprint density at radius 3 is 2.52 bits per heavy atom. The molecule has 0 bridgehead atoms. The van der Waals surface area contributed by atoms with Crippen LogP contribution in [0.25, 0.3) is 0 Å². The van der Waals surface area contributed by atoms with Crippen LogP contribution in [0.3, 0.4) is 0 Å². The molecule has 1 heterocycles. The quantitative estimate of drug-likeness (QED) is 0.845. The third kappa shape index (κ3) is 5.48. The van der Waals surface area contributed by atoms with Crippen molar-refractivity contribution in [3.8, 4) is 0 Å². The van der Waals surface area contributed by atoms with Gasteiger partial charge in [0.1, 0.15) is 0 Å². The maximum atomic E-state index is 12.1. The summed E-state index contributed by atoms with van der Waals surface area (Å²) < 4.78 is 0. The second-order valence-corrected chi connectivity index (χ2v) is 5.93. The molecule has 0 aromatic heterocycles. The van der Waals surface area contributed by atoms with Crippen molar-refractivity contribution in [3.63, 3.8) is 0 Å². The van der Waals surface area contributed by atoms with E-state index in [0.717, 1.165) is 18.8 Å². The number of likely N-dealkylation sites (tertiary alicyclic amines) is 1. The first kappa shape index (κ1) is 16.0. The summed E-state index contributed by atoms with van der Waals surface area (Å²) in [6.45, 7) is 8.25. The summed E-state index contributed by atoms with van der Waals surface area (Å²) in [5.41, 5.74) is 2.05. The predicted molar refractivity (Wildman–Crippen MR) is 87.6 cm³/mol. The molecule has 4 heteroatoms. The summed E-state index contributed by atoms with van der Waals surface area (Å²) in [6.07, 6.45) is 3.98. The maximum absolute atomic E-state index is 12.1. The van der Waals surface area contributed by atoms with Crippen molar-refractivity contribution >= 4 is 11.6 Å². The SMILES string of the molecule is Cc1ccc(NC(=O)C(C)NCCN2CCCCC2)cc1. The van der Waals surface area contributed by atoms with Gasteiger partial charge in [-0.25, -0.2) is 0 Å². The van der Waals surface area contributed by atoms with Gasteiger partial charge in [0.2, 0.25) is 5.91 Å². The number of anilines is 1. The van der Waals surface area contributed by atoms with Gasteiger partial charge in [-0.05, 0) is 51.9 Å². The van der Waals surface area contributed by atoms with Crippen LogP contribution >= 0.6 is 0 Å². The van der Waals surface area contributed by atoms with Crippen LogP contribution in [0.4, 0.5) is 5.69 Å². The predicted octanol–water partition coefficient (Wildman–Crippen LogP) is 2.40. The van der Waals surface area contributed by atoms with Gasteiger partial charge in [0.25, 0.3) is 0 Å². The Labute approximate surface area is 127 Å². The van der Waals surface area contributed by atoms with Crippen molar-refractivity contribution in [3.05, 3.63) is 29.8 Å². The van der Waals surface area contributed by atoms with Gasteiger partial charge in [-0.15, -0.1) is 0 Å². The Morgan fingerprint density at radius 2 is 1.86 bits per heavy atom. The molecule has 0 saturated carbocycles. The van der Waals surface area contributed by atoms with Crippen molar-refractivity contribution in [1.29, 1.82) is 0 Å². The number of carbonyl (C=O) groups is 1. The number of rotatable bonds is 6. The smallest absolute Gasteiger partial charge is 0.241 e. The molecular formula is C17H27N3O. The van der Waals surface area contributed by atoms with Gasteiger partial charge in [-0.3, -0.25) is 4.79 Å². The zero-order valence-electron chi connectivity index (χ0n) is 13.2. The molecule has 1 aliphatic rings. The van der Waals surface area contributed by atoms with Gasteiger partial charge in [-0.1, -0.05) is 24.1 Å². The van der Waals surface area contributed by atoms with Crippen LogP contribution in [0, 0.1) is 6.92 Å². The minimum Gasteiger partial charge on any atom is -0.325 e. The van der Waals surface area contributed by atoms with Crippen LogP contribution in [0.2, 0.25) is 0 Å². The fraction of sp³-hybridized carbons (Fsp3) is 0.588. The van der Waals surface area contributed by atoms with Crippen LogP contribution in [-0.2, 0) is 4.79 Å². The van der Waals surface area contributed by atoms with Gasteiger partial charge in [0.15, 0.2) is 0 Å². The van der Waals surface area contributed by atoms with E-state index in [2.05, 4.69) is 15.5 Å². The molecule has 2 N–H and O–H groups in total. The van der Waals surface area contributed by atoms with Gasteiger partial charge >= 0.3 is 0 Å². The molecule has 1 aromatic rings. The second kappa shape index (κ2) is 8.15. The topological polar surface area (TPSA) is 44.4 Å². The van der Waals surface area contributed by atoms with E-state index < -0.39 is 0 Å². The van der Waals surface area contributed by atoms with E-state index in [1.807, 2.05) is 38.1 Å². The Hall–Kier alpha value is -1.39. The molecule has 4 nitrogen and oxygen atoms in total. The highest BCUT2D eigenvalue weighted by atomic mass is 16.2. The molecule has 0 spiro atoms. The first-order chi connectivity index (χ1) is 10.1. The van der Waals surface area contributed by atoms with Gasteiger partial charge in [0, 0.05) is 18.8 Å². The van der Waals surface area contributed by atoms with Crippen molar-refractivity contribution < 1.29 is 4.79 Å². The van der Waals surface area contributed by atoms with E-state index in [1.165, 1.54) is 37.9 Å². The highest BCUT2D eigenvalue weighted by molar-refractivity contribution is 5.94. The third-order valence-corrected chi connectivity index (χ3v) is 4.04. The largest absolute Gasteiger partial charge is 0.325 e. The average Bonchev–Trinajstić information content (AvgIpc) is 2.50. The third-order valence-electron chi connectivity index (χ3n) is 4.04. The number of amides is 1. The van der Waals surface area contributed by atoms with Gasteiger partial charge in [0.05, 0.1) is 6.04 Å². The molecule has 1 fully saturated rings. The number of hydrogen-bond donors (Lipinski definition) is 2. The first-order valence-electron chi connectivity index (χ1n) is 7.98. The van der Waals surface area contributed by atoms with Gasteiger partial charge in [-0.2, -0.15) is 0 Å². The molecule has 0 aliphatic carbocycles. The molecule has 1 saturated heterocycles. The van der Waals surface area contributed by atoms with Gasteiger partial charge < -0.3 is 15.5 Å². The van der Waals surface area contributed by atoms with E-state index in [0.29, 0.717) is 0 Å². The van der Waals surface area contributed by atoms with E-state index in [1.54, 1.807) is 0 Å². The molecule has 2 rings (SSSR count). The summed E-state index contributed by atoms with van der Waals surface area (Å²) in [4.78, 5) is 14.6. The van der Waals surface area contributed by atoms with Crippen LogP contribution in [0.5, 0.6) is 0 Å². The van der Waals surface area contributed by atoms with E-state index in [4.69, 9.17) is 0 Å². The van der Waals surface area contributed by atoms with Crippen LogP contribution in [0.1, 0.15) is 31.7 Å². The Kier molecular flexibility index (Phi) is 6.21. The summed E-state index contributed by atoms with van der Waals surface area (Å²) in [6, 6.07) is 7.71. The van der Waals surface area contributed by atoms with Crippen molar-refractivity contribution in [2.75, 3.05) is 31.5 Å². The maximum Gasteiger partial charge on any atom is 0.241 e. The van der Waals surface area contributed by atoms with Crippen LogP contribution in [-0.4, -0.2) is 43.0 Å². The van der Waals surface area contributed by atoms with Crippen molar-refractivity contribution in [2.24, 2.45) is 0 Å². The number of carbonyl (C=O) groups excluding carboxylic acids is 1. The normalized spacial score (nSPS) is 17.4. The fourth-order valence-electron chi connectivity index (χ4n) is 2.60. The highest BCUT2D eigenvalue weighted by Crippen LogP contribution is 2.09. The lowest BCUT2D eigenvalue weighted by atomic mass is 10.1. The number of hydrogen-bond acceptors (Lipinski definition) is 3. The summed E-state index contributed by atoms with van der Waals surface area (Å²) in [7, 11) is 0. The molecule has 1 amide bonds. The van der Waals surface area contributed by atoms with Crippen LogP contribution < -0.4 is 10.6 Å². The lowest BCUT2D eigenvalue weighted by Crippen LogP contribution is -2.43. The van der Waals surface area contributed by atoms with E-state index in [-0.39, 0.29) is 11.9 Å². The molecule has 1 aliphatic heterocycles. The van der Waals surface area contributed by atoms with Crippen molar-refractivity contribution in [2.45, 2.75) is 39.2 Å². The standard InChI is InChI=1S/C17H27N3O/c1-14-6-8-16(9-7-14)19-17(21)15(2)18-10-13-20-11-4-3-5-12-20/h6-9,15,18H,3-5,10-13H2,1-2H3,(H,19,21). The molecule has 1 atom stereocenters. The lowest BCUT2D eigenvalue weighted by molar-refractivity contribution is -0.117. The number of piperidine rings is 1. The molecule has 1 unspecified atom stereocenters. The Bertz CT molecular complexity index is 438. The number of benzene rings is 1. The molecule has 0 radical (unpaired) electrons. The zero-order chi connectivity index (χ0) is 15.1. The summed E-state index contributed by atoms with van der Waals surface area (Å²) in [5.74, 6) is 0.0255. The molecule has 21 heavy (non-hydrogen) atoms. The lowest BCUT2D eigenvalue weighted by Gasteiger charge is -2.27. The average molecular weight is 289 g/mol. The monoisotopic (exact) mass is 289 g/mol. The zero-order valence-corrected chi connectivity index (χ0v) is 13.2. The van der Waals surface area contributed by atoms with Crippen LogP contribution in [0.15, 0.2) is 24.3 Å². The molecule has 1 aromatic carbocycles. The molecular weight excluding hydrogens is 262 g/mol. The van der Waals surface area contributed by atoms with E-state index >= 15 is 0 Å². The first-order valence-corrected chi connectivity index (χ1v) is 7.98. The number of aryl methyl sites for hydroxylation is 1. The second-order valence-electron chi connectivity index (χ2n) is 5.93. The minimum atomic E-state index is -0.170. The van der Waals surface area contributed by atoms with E-state index in [9.17, 15) is 4.79 Å². The summed E-state index contributed by atoms with van der Waals surface area (Å²) in [5, 5.41) is 6.25. The molecule has 116 valence electrons. The highest BCUT2D eigenvalue weighted by Gasteiger charge is 2.14. The fourth-order valence-corrected chi connectivity index (χ4v) is 2.60. The van der Waals surface area contributed by atoms with Crippen molar-refractivity contribution in [1.82, 2.24) is 10.2 Å². The minimum absolute atomic E-state index is 0.0255. The summed E-state index contributed by atoms with van der Waals surface area (Å²) >= 11 is 0. The Balaban J connectivity index is 1.68. The number of nitrogens with one attached hydrogen (secondary N) is 2. The number of nitrogens with zero attached hydrogens (tertiary/aromatic N) is 1.